The minimum Gasteiger partial charge on any atom is -0.353 e. The van der Waals surface area contributed by atoms with E-state index in [1.807, 2.05) is 6.07 Å². The normalized spacial score (nSPS) is 15.4. The molecule has 0 radical (unpaired) electrons. The molecule has 0 atom stereocenters. The molecule has 0 aliphatic heterocycles. The van der Waals surface area contributed by atoms with E-state index in [2.05, 4.69) is 35.6 Å². The van der Waals surface area contributed by atoms with Gasteiger partial charge >= 0.3 is 0 Å². The monoisotopic (exact) mass is 253 g/mol. The van der Waals surface area contributed by atoms with Crippen LogP contribution in [0.2, 0.25) is 5.15 Å². The molecule has 3 nitrogen and oxygen atoms in total. The van der Waals surface area contributed by atoms with Gasteiger partial charge in [-0.1, -0.05) is 32.4 Å². The first-order valence-electron chi connectivity index (χ1n) is 6.40. The summed E-state index contributed by atoms with van der Waals surface area (Å²) in [6, 6.07) is 2.55. The van der Waals surface area contributed by atoms with Crippen molar-refractivity contribution in [3.05, 3.63) is 17.0 Å². The quantitative estimate of drug-likeness (QED) is 0.754. The summed E-state index contributed by atoms with van der Waals surface area (Å²) >= 11 is 6.06. The molecule has 0 N–H and O–H groups in total. The Morgan fingerprint density at radius 2 is 2.12 bits per heavy atom. The fourth-order valence-electron chi connectivity index (χ4n) is 1.97. The van der Waals surface area contributed by atoms with Crippen LogP contribution in [0.5, 0.6) is 0 Å². The summed E-state index contributed by atoms with van der Waals surface area (Å²) in [6.07, 6.45) is 3.37. The molecule has 17 heavy (non-hydrogen) atoms. The standard InChI is InChI=1S/C13H20ClN3/c1-4-12-15-11(14)7-13(16-12)17(8-9(2)3)10-5-6-10/h7,9-10H,4-6,8H2,1-3H3. The maximum absolute atomic E-state index is 6.06. The SMILES string of the molecule is CCc1nc(Cl)cc(N(CC(C)C)C2CC2)n1. The molecule has 4 heteroatoms. The molecule has 0 bridgehead atoms. The Labute approximate surface area is 108 Å². The van der Waals surface area contributed by atoms with E-state index in [1.54, 1.807) is 0 Å². The molecule has 1 aliphatic carbocycles. The highest BCUT2D eigenvalue weighted by atomic mass is 35.5. The highest BCUT2D eigenvalue weighted by Crippen LogP contribution is 2.32. The van der Waals surface area contributed by atoms with E-state index in [-0.39, 0.29) is 0 Å². The molecule has 1 saturated carbocycles. The van der Waals surface area contributed by atoms with Gasteiger partial charge in [0.1, 0.15) is 16.8 Å². The lowest BCUT2D eigenvalue weighted by atomic mass is 10.2. The first kappa shape index (κ1) is 12.6. The van der Waals surface area contributed by atoms with Crippen molar-refractivity contribution in [2.45, 2.75) is 46.1 Å². The predicted octanol–water partition coefficient (Wildman–Crippen LogP) is 3.32. The summed E-state index contributed by atoms with van der Waals surface area (Å²) < 4.78 is 0. The zero-order chi connectivity index (χ0) is 12.4. The van der Waals surface area contributed by atoms with Crippen molar-refractivity contribution in [2.24, 2.45) is 5.92 Å². The van der Waals surface area contributed by atoms with Crippen LogP contribution in [0.4, 0.5) is 5.82 Å². The molecular weight excluding hydrogens is 234 g/mol. The van der Waals surface area contributed by atoms with E-state index in [0.29, 0.717) is 17.1 Å². The summed E-state index contributed by atoms with van der Waals surface area (Å²) in [4.78, 5) is 11.2. The summed E-state index contributed by atoms with van der Waals surface area (Å²) in [5.41, 5.74) is 0. The van der Waals surface area contributed by atoms with Crippen LogP contribution in [0.3, 0.4) is 0 Å². The number of halogens is 1. The largest absolute Gasteiger partial charge is 0.353 e. The lowest BCUT2D eigenvalue weighted by Gasteiger charge is -2.25. The number of aryl methyl sites for hydroxylation is 1. The van der Waals surface area contributed by atoms with Crippen LogP contribution in [0.15, 0.2) is 6.07 Å². The number of nitrogens with zero attached hydrogens (tertiary/aromatic N) is 3. The van der Waals surface area contributed by atoms with Crippen molar-refractivity contribution in [3.8, 4) is 0 Å². The zero-order valence-electron chi connectivity index (χ0n) is 10.8. The van der Waals surface area contributed by atoms with Gasteiger partial charge in [0, 0.05) is 25.1 Å². The number of hydrogen-bond donors (Lipinski definition) is 0. The molecule has 1 aromatic heterocycles. The van der Waals surface area contributed by atoms with E-state index >= 15 is 0 Å². The summed E-state index contributed by atoms with van der Waals surface area (Å²) in [5, 5.41) is 0.557. The van der Waals surface area contributed by atoms with Crippen LogP contribution >= 0.6 is 11.6 Å². The van der Waals surface area contributed by atoms with E-state index in [4.69, 9.17) is 11.6 Å². The number of anilines is 1. The Hall–Kier alpha value is -0.830. The smallest absolute Gasteiger partial charge is 0.134 e. The second kappa shape index (κ2) is 5.21. The third kappa shape index (κ3) is 3.32. The lowest BCUT2D eigenvalue weighted by Crippen LogP contribution is -2.30. The molecule has 94 valence electrons. The van der Waals surface area contributed by atoms with E-state index in [0.717, 1.165) is 24.6 Å². The van der Waals surface area contributed by atoms with Gasteiger partial charge in [0.15, 0.2) is 0 Å². The highest BCUT2D eigenvalue weighted by molar-refractivity contribution is 6.29. The molecule has 0 spiro atoms. The van der Waals surface area contributed by atoms with Gasteiger partial charge in [0.05, 0.1) is 0 Å². The molecular formula is C13H20ClN3. The van der Waals surface area contributed by atoms with Crippen molar-refractivity contribution < 1.29 is 0 Å². The predicted molar refractivity (Wildman–Crippen MR) is 71.6 cm³/mol. The van der Waals surface area contributed by atoms with Crippen LogP contribution in [-0.4, -0.2) is 22.6 Å². The van der Waals surface area contributed by atoms with Gasteiger partial charge in [-0.05, 0) is 18.8 Å². The number of rotatable bonds is 5. The maximum Gasteiger partial charge on any atom is 0.134 e. The highest BCUT2D eigenvalue weighted by Gasteiger charge is 2.30. The zero-order valence-corrected chi connectivity index (χ0v) is 11.5. The van der Waals surface area contributed by atoms with Crippen molar-refractivity contribution in [3.63, 3.8) is 0 Å². The number of hydrogen-bond acceptors (Lipinski definition) is 3. The second-order valence-electron chi connectivity index (χ2n) is 5.10. The molecule has 0 unspecified atom stereocenters. The van der Waals surface area contributed by atoms with Crippen LogP contribution in [-0.2, 0) is 6.42 Å². The van der Waals surface area contributed by atoms with Crippen LogP contribution in [0.25, 0.3) is 0 Å². The molecule has 1 aliphatic rings. The summed E-state index contributed by atoms with van der Waals surface area (Å²) in [5.74, 6) is 2.47. The lowest BCUT2D eigenvalue weighted by molar-refractivity contribution is 0.601. The van der Waals surface area contributed by atoms with Crippen LogP contribution in [0.1, 0.15) is 39.4 Å². The van der Waals surface area contributed by atoms with Gasteiger partial charge < -0.3 is 4.90 Å². The first-order valence-corrected chi connectivity index (χ1v) is 6.78. The van der Waals surface area contributed by atoms with E-state index in [9.17, 15) is 0 Å². The molecule has 1 heterocycles. The molecule has 1 fully saturated rings. The van der Waals surface area contributed by atoms with Gasteiger partial charge in [0.2, 0.25) is 0 Å². The van der Waals surface area contributed by atoms with Crippen molar-refractivity contribution >= 4 is 17.4 Å². The topological polar surface area (TPSA) is 29.0 Å². The van der Waals surface area contributed by atoms with Crippen LogP contribution in [0, 0.1) is 5.92 Å². The average molecular weight is 254 g/mol. The maximum atomic E-state index is 6.06. The van der Waals surface area contributed by atoms with Gasteiger partial charge in [-0.2, -0.15) is 0 Å². The molecule has 1 aromatic rings. The van der Waals surface area contributed by atoms with Gasteiger partial charge in [-0.15, -0.1) is 0 Å². The fraction of sp³-hybridized carbons (Fsp3) is 0.692. The first-order chi connectivity index (χ1) is 8.10. The third-order valence-corrected chi connectivity index (χ3v) is 3.08. The summed E-state index contributed by atoms with van der Waals surface area (Å²) in [7, 11) is 0. The Morgan fingerprint density at radius 3 is 2.65 bits per heavy atom. The third-order valence-electron chi connectivity index (χ3n) is 2.89. The number of aromatic nitrogens is 2. The van der Waals surface area contributed by atoms with E-state index < -0.39 is 0 Å². The van der Waals surface area contributed by atoms with Crippen molar-refractivity contribution in [1.29, 1.82) is 0 Å². The van der Waals surface area contributed by atoms with Crippen molar-refractivity contribution in [2.75, 3.05) is 11.4 Å². The minimum atomic E-state index is 0.557. The van der Waals surface area contributed by atoms with E-state index in [1.165, 1.54) is 12.8 Å². The fourth-order valence-corrected chi connectivity index (χ4v) is 2.16. The second-order valence-corrected chi connectivity index (χ2v) is 5.48. The van der Waals surface area contributed by atoms with Gasteiger partial charge in [0.25, 0.3) is 0 Å². The van der Waals surface area contributed by atoms with Crippen LogP contribution < -0.4 is 4.90 Å². The Kier molecular flexibility index (Phi) is 3.87. The minimum absolute atomic E-state index is 0.557. The molecule has 0 saturated heterocycles. The average Bonchev–Trinajstić information content (AvgIpc) is 3.08. The van der Waals surface area contributed by atoms with Gasteiger partial charge in [-0.3, -0.25) is 0 Å². The van der Waals surface area contributed by atoms with Crippen molar-refractivity contribution in [1.82, 2.24) is 9.97 Å². The Balaban J connectivity index is 2.25. The Morgan fingerprint density at radius 1 is 1.41 bits per heavy atom. The molecule has 2 rings (SSSR count). The molecule has 0 amide bonds. The Bertz CT molecular complexity index is 388. The van der Waals surface area contributed by atoms with Gasteiger partial charge in [-0.25, -0.2) is 9.97 Å². The summed E-state index contributed by atoms with van der Waals surface area (Å²) in [6.45, 7) is 7.57. The molecule has 0 aromatic carbocycles.